The van der Waals surface area contributed by atoms with Gasteiger partial charge in [-0.2, -0.15) is 0 Å². The van der Waals surface area contributed by atoms with Crippen molar-refractivity contribution in [3.05, 3.63) is 0 Å². The van der Waals surface area contributed by atoms with E-state index in [-0.39, 0.29) is 11.2 Å². The SMILES string of the molecule is CC1(CNS(=O)(=O)CCC2CCCCN2)CCCCC1. The van der Waals surface area contributed by atoms with Gasteiger partial charge in [-0.25, -0.2) is 13.1 Å². The summed E-state index contributed by atoms with van der Waals surface area (Å²) in [7, 11) is -3.11. The fraction of sp³-hybridized carbons (Fsp3) is 1.00. The highest BCUT2D eigenvalue weighted by Gasteiger charge is 2.28. The molecule has 0 radical (unpaired) electrons. The van der Waals surface area contributed by atoms with Crippen molar-refractivity contribution in [2.45, 2.75) is 70.8 Å². The smallest absolute Gasteiger partial charge is 0.211 e. The van der Waals surface area contributed by atoms with Crippen molar-refractivity contribution in [2.24, 2.45) is 5.41 Å². The first-order valence-corrected chi connectivity index (χ1v) is 9.85. The molecule has 1 heterocycles. The first-order valence-electron chi connectivity index (χ1n) is 8.20. The molecule has 1 atom stereocenters. The molecule has 2 aliphatic rings. The van der Waals surface area contributed by atoms with Crippen LogP contribution in [0.15, 0.2) is 0 Å². The van der Waals surface area contributed by atoms with Crippen molar-refractivity contribution in [3.8, 4) is 0 Å². The van der Waals surface area contributed by atoms with Gasteiger partial charge in [0.15, 0.2) is 0 Å². The predicted molar refractivity (Wildman–Crippen MR) is 83.2 cm³/mol. The Kier molecular flexibility index (Phi) is 5.87. The fourth-order valence-electron chi connectivity index (χ4n) is 3.41. The van der Waals surface area contributed by atoms with Crippen molar-refractivity contribution in [1.82, 2.24) is 10.0 Å². The van der Waals surface area contributed by atoms with E-state index in [0.717, 1.165) is 32.2 Å². The molecule has 1 aliphatic carbocycles. The maximum absolute atomic E-state index is 12.1. The monoisotopic (exact) mass is 302 g/mol. The summed E-state index contributed by atoms with van der Waals surface area (Å²) in [6.07, 6.45) is 10.4. The molecule has 1 aliphatic heterocycles. The number of hydrogen-bond acceptors (Lipinski definition) is 3. The molecular formula is C15H30N2O2S. The number of piperidine rings is 1. The van der Waals surface area contributed by atoms with E-state index in [9.17, 15) is 8.42 Å². The molecule has 0 spiro atoms. The first-order chi connectivity index (χ1) is 9.49. The lowest BCUT2D eigenvalue weighted by atomic mass is 9.76. The minimum atomic E-state index is -3.11. The molecule has 0 bridgehead atoms. The Morgan fingerprint density at radius 2 is 1.90 bits per heavy atom. The molecular weight excluding hydrogens is 272 g/mol. The van der Waals surface area contributed by atoms with Gasteiger partial charge in [0.05, 0.1) is 5.75 Å². The van der Waals surface area contributed by atoms with Crippen LogP contribution in [0.1, 0.15) is 64.7 Å². The highest BCUT2D eigenvalue weighted by molar-refractivity contribution is 7.89. The van der Waals surface area contributed by atoms with Crippen molar-refractivity contribution < 1.29 is 8.42 Å². The van der Waals surface area contributed by atoms with Gasteiger partial charge in [0.1, 0.15) is 0 Å². The minimum absolute atomic E-state index is 0.175. The minimum Gasteiger partial charge on any atom is -0.314 e. The lowest BCUT2D eigenvalue weighted by Crippen LogP contribution is -2.40. The van der Waals surface area contributed by atoms with Crippen molar-refractivity contribution in [3.63, 3.8) is 0 Å². The summed E-state index contributed by atoms with van der Waals surface area (Å²) in [6.45, 7) is 3.88. The third-order valence-electron chi connectivity index (χ3n) is 4.93. The highest BCUT2D eigenvalue weighted by atomic mass is 32.2. The molecule has 0 aromatic rings. The molecule has 2 rings (SSSR count). The van der Waals surface area contributed by atoms with Gasteiger partial charge in [0.25, 0.3) is 0 Å². The van der Waals surface area contributed by atoms with Gasteiger partial charge in [0.2, 0.25) is 10.0 Å². The van der Waals surface area contributed by atoms with Gasteiger partial charge in [-0.05, 0) is 44.1 Å². The van der Waals surface area contributed by atoms with Crippen molar-refractivity contribution in [1.29, 1.82) is 0 Å². The van der Waals surface area contributed by atoms with E-state index in [1.165, 1.54) is 32.1 Å². The molecule has 0 amide bonds. The van der Waals surface area contributed by atoms with E-state index in [0.29, 0.717) is 12.6 Å². The Bertz CT molecular complexity index is 383. The van der Waals surface area contributed by atoms with Gasteiger partial charge in [0, 0.05) is 12.6 Å². The molecule has 1 saturated carbocycles. The van der Waals surface area contributed by atoms with Gasteiger partial charge in [-0.3, -0.25) is 0 Å². The Morgan fingerprint density at radius 1 is 1.15 bits per heavy atom. The van der Waals surface area contributed by atoms with Crippen LogP contribution in [0.5, 0.6) is 0 Å². The zero-order chi connectivity index (χ0) is 14.5. The standard InChI is InChI=1S/C15H30N2O2S/c1-15(9-4-2-5-10-15)13-17-20(18,19)12-8-14-7-3-6-11-16-14/h14,16-17H,2-13H2,1H3. The van der Waals surface area contributed by atoms with Crippen molar-refractivity contribution >= 4 is 10.0 Å². The third-order valence-corrected chi connectivity index (χ3v) is 6.28. The average Bonchev–Trinajstić information content (AvgIpc) is 2.46. The molecule has 118 valence electrons. The molecule has 0 aromatic carbocycles. The lowest BCUT2D eigenvalue weighted by molar-refractivity contribution is 0.219. The molecule has 5 heteroatoms. The maximum Gasteiger partial charge on any atom is 0.211 e. The second-order valence-corrected chi connectivity index (χ2v) is 8.87. The first kappa shape index (κ1) is 16.2. The summed E-state index contributed by atoms with van der Waals surface area (Å²) in [5, 5.41) is 3.41. The number of sulfonamides is 1. The second kappa shape index (κ2) is 7.23. The highest BCUT2D eigenvalue weighted by Crippen LogP contribution is 2.35. The Labute approximate surface area is 124 Å². The van der Waals surface area contributed by atoms with Gasteiger partial charge in [-0.1, -0.05) is 32.6 Å². The maximum atomic E-state index is 12.1. The zero-order valence-electron chi connectivity index (χ0n) is 12.8. The van der Waals surface area contributed by atoms with Gasteiger partial charge < -0.3 is 5.32 Å². The van der Waals surface area contributed by atoms with Crippen LogP contribution < -0.4 is 10.0 Å². The summed E-state index contributed by atoms with van der Waals surface area (Å²) in [5.74, 6) is 0.265. The van der Waals surface area contributed by atoms with Crippen LogP contribution >= 0.6 is 0 Å². The number of rotatable bonds is 6. The second-order valence-electron chi connectivity index (χ2n) is 6.95. The quantitative estimate of drug-likeness (QED) is 0.792. The topological polar surface area (TPSA) is 58.2 Å². The Hall–Kier alpha value is -0.130. The molecule has 4 nitrogen and oxygen atoms in total. The van der Waals surface area contributed by atoms with Crippen LogP contribution in [0.25, 0.3) is 0 Å². The van der Waals surface area contributed by atoms with E-state index in [2.05, 4.69) is 17.0 Å². The summed E-state index contributed by atoms with van der Waals surface area (Å²) in [5.41, 5.74) is 0.175. The molecule has 2 N–H and O–H groups in total. The predicted octanol–water partition coefficient (Wildman–Crippen LogP) is 2.41. The zero-order valence-corrected chi connectivity index (χ0v) is 13.6. The summed E-state index contributed by atoms with van der Waals surface area (Å²) in [4.78, 5) is 0. The normalized spacial score (nSPS) is 27.4. The van der Waals surface area contributed by atoms with Crippen LogP contribution in [-0.4, -0.2) is 33.3 Å². The van der Waals surface area contributed by atoms with E-state index in [1.807, 2.05) is 0 Å². The fourth-order valence-corrected chi connectivity index (χ4v) is 4.71. The average molecular weight is 302 g/mol. The third kappa shape index (κ3) is 5.34. The summed E-state index contributed by atoms with van der Waals surface area (Å²) in [6, 6.07) is 0.394. The summed E-state index contributed by atoms with van der Waals surface area (Å²) >= 11 is 0. The van der Waals surface area contributed by atoms with E-state index in [4.69, 9.17) is 0 Å². The van der Waals surface area contributed by atoms with Crippen LogP contribution in [0.2, 0.25) is 0 Å². The number of nitrogens with one attached hydrogen (secondary N) is 2. The Morgan fingerprint density at radius 3 is 2.55 bits per heavy atom. The van der Waals surface area contributed by atoms with Crippen LogP contribution in [0.4, 0.5) is 0 Å². The van der Waals surface area contributed by atoms with Gasteiger partial charge >= 0.3 is 0 Å². The molecule has 1 saturated heterocycles. The largest absolute Gasteiger partial charge is 0.314 e. The van der Waals surface area contributed by atoms with E-state index in [1.54, 1.807) is 0 Å². The number of hydrogen-bond donors (Lipinski definition) is 2. The van der Waals surface area contributed by atoms with Crippen LogP contribution in [0, 0.1) is 5.41 Å². The molecule has 0 aromatic heterocycles. The molecule has 1 unspecified atom stereocenters. The van der Waals surface area contributed by atoms with Gasteiger partial charge in [-0.15, -0.1) is 0 Å². The van der Waals surface area contributed by atoms with Crippen LogP contribution in [0.3, 0.4) is 0 Å². The van der Waals surface area contributed by atoms with Crippen LogP contribution in [-0.2, 0) is 10.0 Å². The lowest BCUT2D eigenvalue weighted by Gasteiger charge is -2.33. The van der Waals surface area contributed by atoms with Crippen molar-refractivity contribution in [2.75, 3.05) is 18.8 Å². The molecule has 2 fully saturated rings. The molecule has 20 heavy (non-hydrogen) atoms. The Balaban J connectivity index is 1.72. The van der Waals surface area contributed by atoms with E-state index < -0.39 is 10.0 Å². The summed E-state index contributed by atoms with van der Waals surface area (Å²) < 4.78 is 27.1. The van der Waals surface area contributed by atoms with E-state index >= 15 is 0 Å².